The molecule has 0 bridgehead atoms. The van der Waals surface area contributed by atoms with E-state index in [1.807, 2.05) is 37.3 Å². The van der Waals surface area contributed by atoms with Crippen molar-refractivity contribution in [1.82, 2.24) is 3.97 Å². The molecule has 118 valence electrons. The molecule has 4 nitrogen and oxygen atoms in total. The number of Topliss-reactive ketones (excluding diaryl/α,β-unsaturated/α-hetero) is 1. The summed E-state index contributed by atoms with van der Waals surface area (Å²) in [4.78, 5) is 11.6. The number of rotatable bonds is 3. The highest BCUT2D eigenvalue weighted by molar-refractivity contribution is 7.89. The van der Waals surface area contributed by atoms with Crippen LogP contribution in [0.15, 0.2) is 48.5 Å². The van der Waals surface area contributed by atoms with Crippen LogP contribution < -0.4 is 0 Å². The molecule has 0 saturated carbocycles. The molecule has 0 spiro atoms. The van der Waals surface area contributed by atoms with E-state index in [1.54, 1.807) is 18.2 Å². The van der Waals surface area contributed by atoms with Crippen molar-refractivity contribution >= 4 is 26.7 Å². The Bertz CT molecular complexity index is 1010. The number of aromatic nitrogens is 1. The average Bonchev–Trinajstić information content (AvgIpc) is 2.86. The quantitative estimate of drug-likeness (QED) is 0.690. The van der Waals surface area contributed by atoms with Crippen LogP contribution in [0.2, 0.25) is 0 Å². The summed E-state index contributed by atoms with van der Waals surface area (Å²) in [5, 5.41) is 0.735. The lowest BCUT2D eigenvalue weighted by atomic mass is 10.1. The number of fused-ring (bicyclic) bond motifs is 1. The van der Waals surface area contributed by atoms with Gasteiger partial charge >= 0.3 is 0 Å². The van der Waals surface area contributed by atoms with E-state index in [0.717, 1.165) is 16.5 Å². The first-order valence-electron chi connectivity index (χ1n) is 7.21. The Kier molecular flexibility index (Phi) is 3.60. The van der Waals surface area contributed by atoms with Gasteiger partial charge in [-0.25, -0.2) is 12.4 Å². The summed E-state index contributed by atoms with van der Waals surface area (Å²) in [7, 11) is -3.48. The number of hydrogen-bond acceptors (Lipinski definition) is 3. The Morgan fingerprint density at radius 3 is 2.22 bits per heavy atom. The zero-order chi connectivity index (χ0) is 16.8. The third-order valence-corrected chi connectivity index (χ3v) is 4.90. The molecule has 3 rings (SSSR count). The van der Waals surface area contributed by atoms with Crippen molar-refractivity contribution in [3.8, 4) is 11.3 Å². The van der Waals surface area contributed by atoms with E-state index in [9.17, 15) is 13.2 Å². The van der Waals surface area contributed by atoms with Gasteiger partial charge in [-0.2, -0.15) is 0 Å². The molecule has 0 fully saturated rings. The van der Waals surface area contributed by atoms with Crippen LogP contribution in [0.1, 0.15) is 22.8 Å². The van der Waals surface area contributed by atoms with Crippen molar-refractivity contribution in [3.63, 3.8) is 0 Å². The summed E-state index contributed by atoms with van der Waals surface area (Å²) in [6, 6.07) is 14.6. The minimum Gasteiger partial charge on any atom is -0.295 e. The molecule has 0 unspecified atom stereocenters. The first-order valence-corrected chi connectivity index (χ1v) is 9.06. The first kappa shape index (κ1) is 15.5. The number of benzene rings is 2. The fourth-order valence-electron chi connectivity index (χ4n) is 2.69. The largest absolute Gasteiger partial charge is 0.295 e. The van der Waals surface area contributed by atoms with Crippen molar-refractivity contribution in [1.29, 1.82) is 0 Å². The third-order valence-electron chi connectivity index (χ3n) is 3.84. The lowest BCUT2D eigenvalue weighted by Gasteiger charge is -2.09. The maximum Gasteiger partial charge on any atom is 0.236 e. The smallest absolute Gasteiger partial charge is 0.236 e. The highest BCUT2D eigenvalue weighted by Gasteiger charge is 2.18. The van der Waals surface area contributed by atoms with Gasteiger partial charge in [-0.1, -0.05) is 29.8 Å². The summed E-state index contributed by atoms with van der Waals surface area (Å²) < 4.78 is 25.9. The van der Waals surface area contributed by atoms with Gasteiger partial charge in [-0.15, -0.1) is 0 Å². The Morgan fingerprint density at radius 2 is 1.65 bits per heavy atom. The molecule has 23 heavy (non-hydrogen) atoms. The van der Waals surface area contributed by atoms with E-state index in [1.165, 1.54) is 17.2 Å². The number of carbonyl (C=O) groups is 1. The lowest BCUT2D eigenvalue weighted by Crippen LogP contribution is -2.11. The molecular formula is C18H17NO3S. The van der Waals surface area contributed by atoms with Crippen molar-refractivity contribution in [2.45, 2.75) is 13.8 Å². The van der Waals surface area contributed by atoms with Gasteiger partial charge in [0.25, 0.3) is 0 Å². The van der Waals surface area contributed by atoms with Gasteiger partial charge in [0.05, 0.1) is 17.5 Å². The number of nitrogens with zero attached hydrogens (tertiary/aromatic N) is 1. The predicted molar refractivity (Wildman–Crippen MR) is 92.4 cm³/mol. The molecule has 0 aliphatic carbocycles. The highest BCUT2D eigenvalue weighted by Crippen LogP contribution is 2.30. The molecule has 2 aromatic carbocycles. The second-order valence-electron chi connectivity index (χ2n) is 5.75. The fourth-order valence-corrected chi connectivity index (χ4v) is 3.73. The lowest BCUT2D eigenvalue weighted by molar-refractivity contribution is 0.101. The number of ketones is 1. The van der Waals surface area contributed by atoms with Gasteiger partial charge in [0.1, 0.15) is 0 Å². The van der Waals surface area contributed by atoms with Crippen molar-refractivity contribution < 1.29 is 13.2 Å². The summed E-state index contributed by atoms with van der Waals surface area (Å²) in [5.74, 6) is -0.0455. The van der Waals surface area contributed by atoms with Crippen LogP contribution in [0, 0.1) is 6.92 Å². The van der Waals surface area contributed by atoms with E-state index in [-0.39, 0.29) is 5.78 Å². The molecule has 0 aliphatic rings. The topological polar surface area (TPSA) is 56.1 Å². The molecule has 0 amide bonds. The van der Waals surface area contributed by atoms with Crippen LogP contribution in [0.4, 0.5) is 0 Å². The fraction of sp³-hybridized carbons (Fsp3) is 0.167. The second-order valence-corrected chi connectivity index (χ2v) is 7.58. The van der Waals surface area contributed by atoms with Crippen LogP contribution in [-0.2, 0) is 10.0 Å². The average molecular weight is 327 g/mol. The molecule has 0 N–H and O–H groups in total. The van der Waals surface area contributed by atoms with E-state index < -0.39 is 10.0 Å². The molecule has 0 atom stereocenters. The van der Waals surface area contributed by atoms with Crippen molar-refractivity contribution in [2.24, 2.45) is 0 Å². The second kappa shape index (κ2) is 5.35. The SMILES string of the molecule is CC(=O)c1ccc2c(c1)cc(-c1ccc(C)cc1)n2S(C)(=O)=O. The molecule has 1 aromatic heterocycles. The first-order chi connectivity index (χ1) is 10.8. The molecule has 1 heterocycles. The number of carbonyl (C=O) groups excluding carboxylic acids is 1. The van der Waals surface area contributed by atoms with Crippen LogP contribution in [0.3, 0.4) is 0 Å². The van der Waals surface area contributed by atoms with Gasteiger partial charge < -0.3 is 0 Å². The summed E-state index contributed by atoms with van der Waals surface area (Å²) in [6.45, 7) is 3.48. The maximum atomic E-state index is 12.3. The van der Waals surface area contributed by atoms with Crippen LogP contribution in [0.25, 0.3) is 22.2 Å². The van der Waals surface area contributed by atoms with Crippen LogP contribution >= 0.6 is 0 Å². The zero-order valence-electron chi connectivity index (χ0n) is 13.2. The standard InChI is InChI=1S/C18H17NO3S/c1-12-4-6-14(7-5-12)18-11-16-10-15(13(2)20)8-9-17(16)19(18)23(3,21)22/h4-11H,1-3H3. The number of aryl methyl sites for hydroxylation is 1. The summed E-state index contributed by atoms with van der Waals surface area (Å²) in [6.07, 6.45) is 1.18. The van der Waals surface area contributed by atoms with E-state index in [2.05, 4.69) is 0 Å². The van der Waals surface area contributed by atoms with Crippen LogP contribution in [0.5, 0.6) is 0 Å². The molecule has 5 heteroatoms. The minimum atomic E-state index is -3.48. The Labute approximate surface area is 135 Å². The van der Waals surface area contributed by atoms with Crippen molar-refractivity contribution in [2.75, 3.05) is 6.26 Å². The summed E-state index contributed by atoms with van der Waals surface area (Å²) in [5.41, 5.74) is 3.67. The van der Waals surface area contributed by atoms with Gasteiger partial charge in [-0.3, -0.25) is 4.79 Å². The molecule has 3 aromatic rings. The van der Waals surface area contributed by atoms with Gasteiger partial charge in [0, 0.05) is 10.9 Å². The Morgan fingerprint density at radius 1 is 1.00 bits per heavy atom. The normalized spacial score (nSPS) is 11.8. The molecule has 0 aliphatic heterocycles. The van der Waals surface area contributed by atoms with Crippen LogP contribution in [-0.4, -0.2) is 24.4 Å². The van der Waals surface area contributed by atoms with Gasteiger partial charge in [-0.05, 0) is 43.7 Å². The van der Waals surface area contributed by atoms with Gasteiger partial charge in [0.15, 0.2) is 5.78 Å². The third kappa shape index (κ3) is 2.80. The Balaban J connectivity index is 2.36. The maximum absolute atomic E-state index is 12.3. The molecule has 0 saturated heterocycles. The van der Waals surface area contributed by atoms with E-state index in [0.29, 0.717) is 16.8 Å². The monoisotopic (exact) mass is 327 g/mol. The number of hydrogen-bond donors (Lipinski definition) is 0. The summed E-state index contributed by atoms with van der Waals surface area (Å²) >= 11 is 0. The Hall–Kier alpha value is -2.40. The van der Waals surface area contributed by atoms with Gasteiger partial charge in [0.2, 0.25) is 10.0 Å². The molecule has 0 radical (unpaired) electrons. The predicted octanol–water partition coefficient (Wildman–Crippen LogP) is 3.63. The highest BCUT2D eigenvalue weighted by atomic mass is 32.2. The van der Waals surface area contributed by atoms with E-state index in [4.69, 9.17) is 0 Å². The zero-order valence-corrected chi connectivity index (χ0v) is 14.0. The van der Waals surface area contributed by atoms with Crippen molar-refractivity contribution in [3.05, 3.63) is 59.7 Å². The molecular weight excluding hydrogens is 310 g/mol. The minimum absolute atomic E-state index is 0.0455. The van der Waals surface area contributed by atoms with E-state index >= 15 is 0 Å².